The number of nitrogens with one attached hydrogen (secondary N) is 4. The fraction of sp³-hybridized carbons (Fsp3) is 0.324. The number of ether oxygens (including phenoxy) is 1. The van der Waals surface area contributed by atoms with Gasteiger partial charge in [-0.3, -0.25) is 24.5 Å². The molecule has 11 nitrogen and oxygen atoms in total. The van der Waals surface area contributed by atoms with Gasteiger partial charge in [-0.25, -0.2) is 0 Å². The first-order valence-corrected chi connectivity index (χ1v) is 17.5. The molecule has 2 fully saturated rings. The van der Waals surface area contributed by atoms with E-state index in [-0.39, 0.29) is 23.9 Å². The number of methoxy groups -OCH3 is 1. The number of hydrogen-bond donors (Lipinski definition) is 4. The molecule has 0 aliphatic carbocycles. The van der Waals surface area contributed by atoms with Gasteiger partial charge in [0.2, 0.25) is 11.8 Å². The minimum Gasteiger partial charge on any atom is -0.496 e. The van der Waals surface area contributed by atoms with Crippen LogP contribution in [0.2, 0.25) is 10.0 Å². The molecular formula is C37H38Cl2N8O3. The number of halogens is 2. The molecule has 2 amide bonds. The second kappa shape index (κ2) is 14.7. The quantitative estimate of drug-likeness (QED) is 0.135. The second-order valence-electron chi connectivity index (χ2n) is 12.8. The maximum absolute atomic E-state index is 11.5. The average molecular weight is 714 g/mol. The van der Waals surface area contributed by atoms with Crippen molar-refractivity contribution in [3.8, 4) is 39.4 Å². The van der Waals surface area contributed by atoms with Crippen LogP contribution in [0.4, 0.5) is 0 Å². The third-order valence-corrected chi connectivity index (χ3v) is 10.2. The van der Waals surface area contributed by atoms with Gasteiger partial charge in [-0.15, -0.1) is 0 Å². The summed E-state index contributed by atoms with van der Waals surface area (Å²) in [5.41, 5.74) is 8.17. The Morgan fingerprint density at radius 3 is 2.00 bits per heavy atom. The molecule has 0 saturated carbocycles. The molecule has 1 aromatic carbocycles. The summed E-state index contributed by atoms with van der Waals surface area (Å²) in [6.45, 7) is 2.64. The van der Waals surface area contributed by atoms with Gasteiger partial charge in [-0.05, 0) is 37.1 Å². The van der Waals surface area contributed by atoms with Crippen LogP contribution in [0.25, 0.3) is 44.7 Å². The van der Waals surface area contributed by atoms with Gasteiger partial charge < -0.3 is 30.6 Å². The summed E-state index contributed by atoms with van der Waals surface area (Å²) in [6, 6.07) is 12.0. The summed E-state index contributed by atoms with van der Waals surface area (Å²) in [7, 11) is 3.63. The van der Waals surface area contributed by atoms with Crippen molar-refractivity contribution in [1.29, 1.82) is 0 Å². The Labute approximate surface area is 300 Å². The lowest BCUT2D eigenvalue weighted by atomic mass is 10.0. The van der Waals surface area contributed by atoms with E-state index in [0.717, 1.165) is 57.3 Å². The third-order valence-electron chi connectivity index (χ3n) is 9.39. The Morgan fingerprint density at radius 1 is 0.820 bits per heavy atom. The number of rotatable bonds is 12. The zero-order valence-corrected chi connectivity index (χ0v) is 29.4. The van der Waals surface area contributed by atoms with E-state index in [1.54, 1.807) is 25.7 Å². The molecular weight excluding hydrogens is 675 g/mol. The van der Waals surface area contributed by atoms with E-state index in [2.05, 4.69) is 42.0 Å². The van der Waals surface area contributed by atoms with Crippen molar-refractivity contribution in [1.82, 2.24) is 40.8 Å². The molecule has 2 aliphatic rings. The number of amides is 2. The highest BCUT2D eigenvalue weighted by Gasteiger charge is 2.22. The largest absolute Gasteiger partial charge is 0.496 e. The highest BCUT2D eigenvalue weighted by atomic mass is 35.5. The molecule has 50 heavy (non-hydrogen) atoms. The summed E-state index contributed by atoms with van der Waals surface area (Å²) in [4.78, 5) is 37.1. The third kappa shape index (κ3) is 7.04. The number of carbonyl (C=O) groups is 2. The number of aryl methyl sites for hydroxylation is 1. The molecule has 0 spiro atoms. The number of fused-ring (bicyclic) bond motifs is 1. The number of benzene rings is 1. The van der Waals surface area contributed by atoms with E-state index >= 15 is 0 Å². The van der Waals surface area contributed by atoms with Gasteiger partial charge in [-0.1, -0.05) is 35.3 Å². The van der Waals surface area contributed by atoms with Crippen LogP contribution in [-0.2, 0) is 29.7 Å². The lowest BCUT2D eigenvalue weighted by Gasteiger charge is -2.15. The van der Waals surface area contributed by atoms with Crippen molar-refractivity contribution in [2.24, 2.45) is 7.05 Å². The lowest BCUT2D eigenvalue weighted by molar-refractivity contribution is -0.120. The van der Waals surface area contributed by atoms with Crippen LogP contribution in [0.5, 0.6) is 5.75 Å². The Kier molecular flexibility index (Phi) is 10.0. The van der Waals surface area contributed by atoms with Crippen LogP contribution in [0.1, 0.15) is 36.8 Å². The van der Waals surface area contributed by atoms with Crippen LogP contribution in [-0.4, -0.2) is 63.6 Å². The summed E-state index contributed by atoms with van der Waals surface area (Å²) in [5.74, 6) is 0.929. The molecule has 2 atom stereocenters. The minimum absolute atomic E-state index is 0.104. The van der Waals surface area contributed by atoms with E-state index in [0.29, 0.717) is 66.2 Å². The van der Waals surface area contributed by atoms with Crippen LogP contribution >= 0.6 is 23.2 Å². The monoisotopic (exact) mass is 712 g/mol. The first-order chi connectivity index (χ1) is 24.3. The van der Waals surface area contributed by atoms with Gasteiger partial charge in [0.25, 0.3) is 0 Å². The first kappa shape index (κ1) is 33.9. The summed E-state index contributed by atoms with van der Waals surface area (Å²) >= 11 is 14.2. The lowest BCUT2D eigenvalue weighted by Crippen LogP contribution is -2.35. The Morgan fingerprint density at radius 2 is 1.42 bits per heavy atom. The molecule has 2 saturated heterocycles. The molecule has 5 aromatic rings. The van der Waals surface area contributed by atoms with Crippen LogP contribution in [0.3, 0.4) is 0 Å². The predicted molar refractivity (Wildman–Crippen MR) is 195 cm³/mol. The van der Waals surface area contributed by atoms with Gasteiger partial charge in [-0.2, -0.15) is 0 Å². The molecule has 7 rings (SSSR count). The molecule has 258 valence electrons. The number of nitrogens with zero attached hydrogens (tertiary/aromatic N) is 4. The maximum atomic E-state index is 11.5. The van der Waals surface area contributed by atoms with Gasteiger partial charge in [0.15, 0.2) is 0 Å². The first-order valence-electron chi connectivity index (χ1n) is 16.7. The zero-order valence-electron chi connectivity index (χ0n) is 27.9. The molecule has 6 heterocycles. The summed E-state index contributed by atoms with van der Waals surface area (Å²) in [5, 5.41) is 13.8. The highest BCUT2D eigenvalue weighted by Crippen LogP contribution is 2.41. The topological polar surface area (TPSA) is 135 Å². The van der Waals surface area contributed by atoms with Crippen molar-refractivity contribution in [2.45, 2.75) is 50.9 Å². The van der Waals surface area contributed by atoms with Crippen LogP contribution in [0.15, 0.2) is 61.2 Å². The Balaban J connectivity index is 1.11. The van der Waals surface area contributed by atoms with Gasteiger partial charge in [0.05, 0.1) is 39.6 Å². The maximum Gasteiger partial charge on any atom is 0.220 e. The molecule has 13 heteroatoms. The van der Waals surface area contributed by atoms with Gasteiger partial charge in [0.1, 0.15) is 5.75 Å². The van der Waals surface area contributed by atoms with E-state index in [1.165, 1.54) is 0 Å². The highest BCUT2D eigenvalue weighted by molar-refractivity contribution is 6.39. The van der Waals surface area contributed by atoms with Crippen LogP contribution < -0.4 is 26.0 Å². The molecule has 4 N–H and O–H groups in total. The van der Waals surface area contributed by atoms with Crippen molar-refractivity contribution in [3.05, 3.63) is 82.4 Å². The van der Waals surface area contributed by atoms with Crippen molar-refractivity contribution in [3.63, 3.8) is 0 Å². The minimum atomic E-state index is 0.104. The Hall–Kier alpha value is -4.55. The zero-order chi connectivity index (χ0) is 34.8. The van der Waals surface area contributed by atoms with E-state index < -0.39 is 0 Å². The normalized spacial score (nSPS) is 17.4. The summed E-state index contributed by atoms with van der Waals surface area (Å²) < 4.78 is 7.79. The standard InChI is InChI=1S/C37H38Cl2N8O3/c1-47-20-24(16-41-19-26-6-8-32(49)46-26)35-29(47)13-23(17-44-35)37-34(39)28(10-12-43-37)27-9-11-42-36(33(27)38)21-3-4-22(30(14-21)50-2)15-40-18-25-5-7-31(48)45-25/h3-4,9-14,17,20,25-26,40-41H,5-8,15-16,18-19H2,1-2H3,(H,45,48)(H,46,49)/t25-,26-/m0/s1. The average Bonchev–Trinajstić information content (AvgIpc) is 3.83. The van der Waals surface area contributed by atoms with E-state index in [9.17, 15) is 9.59 Å². The number of aromatic nitrogens is 4. The number of pyridine rings is 3. The fourth-order valence-electron chi connectivity index (χ4n) is 6.76. The molecule has 4 aromatic heterocycles. The van der Waals surface area contributed by atoms with Crippen molar-refractivity contribution >= 4 is 46.0 Å². The van der Waals surface area contributed by atoms with Crippen molar-refractivity contribution < 1.29 is 14.3 Å². The SMILES string of the molecule is COc1cc(-c2nccc(-c3ccnc(-c4cnc5c(CNC[C@@H]6CCC(=O)N6)cn(C)c5c4)c3Cl)c2Cl)ccc1CNC[C@@H]1CCC(=O)N1. The molecule has 0 radical (unpaired) electrons. The van der Waals surface area contributed by atoms with Gasteiger partial charge in [0, 0.05) is 116 Å². The number of hydrogen-bond acceptors (Lipinski definition) is 8. The molecule has 2 aliphatic heterocycles. The number of carbonyl (C=O) groups excluding carboxylic acids is 2. The molecule has 0 unspecified atom stereocenters. The fourth-order valence-corrected chi connectivity index (χ4v) is 7.41. The predicted octanol–water partition coefficient (Wildman–Crippen LogP) is 5.42. The summed E-state index contributed by atoms with van der Waals surface area (Å²) in [6.07, 6.45) is 10.2. The molecule has 0 bridgehead atoms. The second-order valence-corrected chi connectivity index (χ2v) is 13.5. The Bertz CT molecular complexity index is 2080. The van der Waals surface area contributed by atoms with Crippen LogP contribution in [0, 0.1) is 0 Å². The van der Waals surface area contributed by atoms with E-state index in [1.807, 2.05) is 43.4 Å². The van der Waals surface area contributed by atoms with Crippen molar-refractivity contribution in [2.75, 3.05) is 20.2 Å². The van der Waals surface area contributed by atoms with Gasteiger partial charge >= 0.3 is 0 Å². The van der Waals surface area contributed by atoms with E-state index in [4.69, 9.17) is 32.9 Å². The smallest absolute Gasteiger partial charge is 0.220 e.